The van der Waals surface area contributed by atoms with E-state index in [-0.39, 0.29) is 0 Å². The van der Waals surface area contributed by atoms with Crippen molar-refractivity contribution < 1.29 is 18.1 Å². The quantitative estimate of drug-likeness (QED) is 0.682. The van der Waals surface area contributed by atoms with E-state index in [0.717, 1.165) is 17.7 Å². The van der Waals surface area contributed by atoms with Crippen LogP contribution in [0.15, 0.2) is 35.1 Å². The van der Waals surface area contributed by atoms with Gasteiger partial charge in [-0.25, -0.2) is 13.8 Å². The van der Waals surface area contributed by atoms with Crippen LogP contribution in [0.1, 0.15) is 46.4 Å². The van der Waals surface area contributed by atoms with E-state index in [1.807, 2.05) is 6.92 Å². The lowest BCUT2D eigenvalue weighted by Gasteiger charge is -2.24. The number of likely N-dealkylation sites (tertiary alicyclic amines) is 1. The van der Waals surface area contributed by atoms with Gasteiger partial charge >= 0.3 is 0 Å². The number of halogens is 2. The molecule has 0 aliphatic carbocycles. The van der Waals surface area contributed by atoms with E-state index in [1.54, 1.807) is 19.3 Å². The Morgan fingerprint density at radius 2 is 1.96 bits per heavy atom. The monoisotopic (exact) mass is 384 g/mol. The summed E-state index contributed by atoms with van der Waals surface area (Å²) in [5.74, 6) is -1.79. The summed E-state index contributed by atoms with van der Waals surface area (Å²) in [5, 5.41) is 3.93. The van der Waals surface area contributed by atoms with Crippen molar-refractivity contribution in [2.24, 2.45) is 0 Å². The lowest BCUT2D eigenvalue weighted by atomic mass is 10.1. The second-order valence-corrected chi connectivity index (χ2v) is 6.78. The zero-order chi connectivity index (χ0) is 19.8. The number of amides is 1. The molecule has 4 rings (SSSR count). The Bertz CT molecular complexity index is 1010. The molecule has 1 aliphatic rings. The Kier molecular flexibility index (Phi) is 4.62. The SMILES string of the molecule is Cc1noc(C)c1-c1cncc([C@H]2CCCN2C(=O)c2c(F)cccc2F)n1. The van der Waals surface area contributed by atoms with E-state index < -0.39 is 29.1 Å². The maximum atomic E-state index is 14.1. The van der Waals surface area contributed by atoms with Crippen LogP contribution in [0.25, 0.3) is 11.3 Å². The number of carbonyl (C=O) groups excluding carboxylic acids is 1. The van der Waals surface area contributed by atoms with Gasteiger partial charge in [-0.15, -0.1) is 0 Å². The highest BCUT2D eigenvalue weighted by Gasteiger charge is 2.34. The van der Waals surface area contributed by atoms with Crippen LogP contribution in [0, 0.1) is 25.5 Å². The molecule has 0 spiro atoms. The summed E-state index contributed by atoms with van der Waals surface area (Å²) in [6.07, 6.45) is 4.54. The van der Waals surface area contributed by atoms with E-state index in [1.165, 1.54) is 11.0 Å². The molecule has 28 heavy (non-hydrogen) atoms. The van der Waals surface area contributed by atoms with E-state index >= 15 is 0 Å². The third-order valence-corrected chi connectivity index (χ3v) is 4.97. The Morgan fingerprint density at radius 1 is 1.21 bits per heavy atom. The van der Waals surface area contributed by atoms with Crippen molar-refractivity contribution in [3.8, 4) is 11.3 Å². The molecule has 1 fully saturated rings. The van der Waals surface area contributed by atoms with Gasteiger partial charge in [0.2, 0.25) is 0 Å². The van der Waals surface area contributed by atoms with E-state index in [2.05, 4.69) is 15.1 Å². The predicted molar refractivity (Wildman–Crippen MR) is 96.4 cm³/mol. The minimum atomic E-state index is -0.869. The Hall–Kier alpha value is -3.16. The van der Waals surface area contributed by atoms with Crippen molar-refractivity contribution in [3.63, 3.8) is 0 Å². The highest BCUT2D eigenvalue weighted by Crippen LogP contribution is 2.34. The summed E-state index contributed by atoms with van der Waals surface area (Å²) in [4.78, 5) is 23.2. The molecular formula is C20H18F2N4O2. The van der Waals surface area contributed by atoms with Crippen LogP contribution in [0.5, 0.6) is 0 Å². The van der Waals surface area contributed by atoms with Crippen LogP contribution >= 0.6 is 0 Å². The minimum absolute atomic E-state index is 0.397. The van der Waals surface area contributed by atoms with Crippen molar-refractivity contribution in [2.75, 3.05) is 6.54 Å². The summed E-state index contributed by atoms with van der Waals surface area (Å²) in [7, 11) is 0. The van der Waals surface area contributed by atoms with E-state index in [9.17, 15) is 13.6 Å². The molecule has 0 saturated carbocycles. The molecule has 2 aromatic heterocycles. The van der Waals surface area contributed by atoms with Crippen molar-refractivity contribution in [1.82, 2.24) is 20.0 Å². The van der Waals surface area contributed by atoms with Crippen molar-refractivity contribution in [3.05, 3.63) is 64.9 Å². The molecule has 0 unspecified atom stereocenters. The highest BCUT2D eigenvalue weighted by molar-refractivity contribution is 5.95. The molecule has 1 aromatic carbocycles. The van der Waals surface area contributed by atoms with Gasteiger partial charge in [0.15, 0.2) is 0 Å². The Labute approximate surface area is 160 Å². The number of nitrogens with zero attached hydrogens (tertiary/aromatic N) is 4. The molecule has 0 bridgehead atoms. The molecule has 1 saturated heterocycles. The van der Waals surface area contributed by atoms with Gasteiger partial charge in [0, 0.05) is 6.54 Å². The first kappa shape index (κ1) is 18.2. The second kappa shape index (κ2) is 7.10. The molecule has 1 atom stereocenters. The second-order valence-electron chi connectivity index (χ2n) is 6.78. The highest BCUT2D eigenvalue weighted by atomic mass is 19.1. The molecule has 0 radical (unpaired) electrons. The standard InChI is InChI=1S/C20H18F2N4O2/c1-11-18(12(2)28-25-11)16-10-23-9-15(24-16)17-7-4-8-26(17)20(27)19-13(21)5-3-6-14(19)22/h3,5-6,9-10,17H,4,7-8H2,1-2H3/t17-/m1/s1. The number of hydrogen-bond acceptors (Lipinski definition) is 5. The van der Waals surface area contributed by atoms with E-state index in [4.69, 9.17) is 4.52 Å². The molecule has 1 aliphatic heterocycles. The number of aromatic nitrogens is 3. The largest absolute Gasteiger partial charge is 0.361 e. The number of hydrogen-bond donors (Lipinski definition) is 0. The third-order valence-electron chi connectivity index (χ3n) is 4.97. The van der Waals surface area contributed by atoms with Crippen LogP contribution < -0.4 is 0 Å². The molecule has 6 nitrogen and oxygen atoms in total. The first-order valence-corrected chi connectivity index (χ1v) is 8.97. The maximum absolute atomic E-state index is 14.1. The summed E-state index contributed by atoms with van der Waals surface area (Å²) in [5.41, 5.74) is 2.07. The van der Waals surface area contributed by atoms with Crippen molar-refractivity contribution in [2.45, 2.75) is 32.7 Å². The average molecular weight is 384 g/mol. The molecular weight excluding hydrogens is 366 g/mol. The number of rotatable bonds is 3. The fourth-order valence-electron chi connectivity index (χ4n) is 3.67. The zero-order valence-corrected chi connectivity index (χ0v) is 15.4. The van der Waals surface area contributed by atoms with Crippen LogP contribution in [-0.2, 0) is 0 Å². The van der Waals surface area contributed by atoms with Crippen LogP contribution in [0.2, 0.25) is 0 Å². The molecule has 3 aromatic rings. The fourth-order valence-corrected chi connectivity index (χ4v) is 3.67. The number of carbonyl (C=O) groups is 1. The van der Waals surface area contributed by atoms with Crippen LogP contribution in [0.3, 0.4) is 0 Å². The summed E-state index contributed by atoms with van der Waals surface area (Å²) in [6, 6.07) is 3.00. The third kappa shape index (κ3) is 3.04. The lowest BCUT2D eigenvalue weighted by Crippen LogP contribution is -2.32. The van der Waals surface area contributed by atoms with Gasteiger partial charge in [0.25, 0.3) is 5.91 Å². The van der Waals surface area contributed by atoms with E-state index in [0.29, 0.717) is 42.2 Å². The number of aryl methyl sites for hydroxylation is 2. The minimum Gasteiger partial charge on any atom is -0.361 e. The smallest absolute Gasteiger partial charge is 0.260 e. The van der Waals surface area contributed by atoms with Gasteiger partial charge < -0.3 is 9.42 Å². The predicted octanol–water partition coefficient (Wildman–Crippen LogP) is 4.00. The molecule has 0 N–H and O–H groups in total. The summed E-state index contributed by atoms with van der Waals surface area (Å²) in [6.45, 7) is 4.00. The number of benzene rings is 1. The average Bonchev–Trinajstić information content (AvgIpc) is 3.28. The molecule has 8 heteroatoms. The Morgan fingerprint density at radius 3 is 2.64 bits per heavy atom. The van der Waals surface area contributed by atoms with Crippen LogP contribution in [0.4, 0.5) is 8.78 Å². The van der Waals surface area contributed by atoms with Crippen molar-refractivity contribution in [1.29, 1.82) is 0 Å². The van der Waals surface area contributed by atoms with Crippen LogP contribution in [-0.4, -0.2) is 32.5 Å². The van der Waals surface area contributed by atoms with Crippen molar-refractivity contribution >= 4 is 5.91 Å². The Balaban J connectivity index is 1.70. The van der Waals surface area contributed by atoms with Gasteiger partial charge in [-0.3, -0.25) is 9.78 Å². The summed E-state index contributed by atoms with van der Waals surface area (Å²) >= 11 is 0. The molecule has 1 amide bonds. The van der Waals surface area contributed by atoms with Gasteiger partial charge in [-0.1, -0.05) is 11.2 Å². The fraction of sp³-hybridized carbons (Fsp3) is 0.300. The van der Waals surface area contributed by atoms with Gasteiger partial charge in [0.1, 0.15) is 23.0 Å². The molecule has 3 heterocycles. The van der Waals surface area contributed by atoms with Gasteiger partial charge in [0.05, 0.1) is 41.1 Å². The topological polar surface area (TPSA) is 72.1 Å². The lowest BCUT2D eigenvalue weighted by molar-refractivity contribution is 0.0723. The molecule has 144 valence electrons. The van der Waals surface area contributed by atoms with Gasteiger partial charge in [-0.2, -0.15) is 0 Å². The normalized spacial score (nSPS) is 16.6. The first-order chi connectivity index (χ1) is 13.5. The zero-order valence-electron chi connectivity index (χ0n) is 15.4. The maximum Gasteiger partial charge on any atom is 0.260 e. The summed E-state index contributed by atoms with van der Waals surface area (Å²) < 4.78 is 33.4. The van der Waals surface area contributed by atoms with Gasteiger partial charge in [-0.05, 0) is 38.8 Å². The first-order valence-electron chi connectivity index (χ1n) is 8.97.